The van der Waals surface area contributed by atoms with E-state index in [1.54, 1.807) is 0 Å². The fraction of sp³-hybridized carbons (Fsp3) is 0.800. The number of carbonyl (C=O) groups excluding carboxylic acids is 2. The van der Waals surface area contributed by atoms with E-state index in [1.165, 1.54) is 4.90 Å². The zero-order valence-electron chi connectivity index (χ0n) is 11.7. The van der Waals surface area contributed by atoms with Crippen molar-refractivity contribution in [1.29, 1.82) is 0 Å². The van der Waals surface area contributed by atoms with Gasteiger partial charge in [-0.2, -0.15) is 0 Å². The van der Waals surface area contributed by atoms with Gasteiger partial charge in [0, 0.05) is 12.8 Å². The van der Waals surface area contributed by atoms with E-state index < -0.39 is 11.5 Å². The second-order valence-corrected chi connectivity index (χ2v) is 6.83. The van der Waals surface area contributed by atoms with Crippen LogP contribution in [-0.4, -0.2) is 33.3 Å². The lowest BCUT2D eigenvalue weighted by molar-refractivity contribution is -0.168. The number of hydrogen-bond donors (Lipinski definition) is 1. The molecule has 1 aliphatic heterocycles. The number of hydrogen-bond acceptors (Lipinski definition) is 3. The number of amides is 2. The number of carboxylic acid groups (broad SMARTS) is 1. The molecule has 0 bridgehead atoms. The Kier molecular flexibility index (Phi) is 3.10. The molecule has 1 heterocycles. The van der Waals surface area contributed by atoms with Gasteiger partial charge in [-0.1, -0.05) is 12.8 Å². The van der Waals surface area contributed by atoms with Crippen LogP contribution in [0.25, 0.3) is 0 Å². The molecule has 3 fully saturated rings. The summed E-state index contributed by atoms with van der Waals surface area (Å²) in [5.74, 6) is -1.19. The van der Waals surface area contributed by atoms with Crippen LogP contribution in [0.4, 0.5) is 0 Å². The van der Waals surface area contributed by atoms with Crippen molar-refractivity contribution < 1.29 is 19.5 Å². The molecule has 0 unspecified atom stereocenters. The van der Waals surface area contributed by atoms with E-state index in [1.807, 2.05) is 0 Å². The summed E-state index contributed by atoms with van der Waals surface area (Å²) in [4.78, 5) is 37.4. The highest BCUT2D eigenvalue weighted by atomic mass is 16.4. The third kappa shape index (κ3) is 2.03. The lowest BCUT2D eigenvalue weighted by Gasteiger charge is -2.51. The Balaban J connectivity index is 1.82. The summed E-state index contributed by atoms with van der Waals surface area (Å²) >= 11 is 0. The van der Waals surface area contributed by atoms with Gasteiger partial charge in [0.25, 0.3) is 0 Å². The molecule has 1 N–H and O–H groups in total. The van der Waals surface area contributed by atoms with Gasteiger partial charge in [-0.15, -0.1) is 0 Å². The van der Waals surface area contributed by atoms with Crippen LogP contribution in [-0.2, 0) is 14.4 Å². The van der Waals surface area contributed by atoms with Crippen LogP contribution < -0.4 is 0 Å². The Morgan fingerprint density at radius 2 is 1.55 bits per heavy atom. The minimum atomic E-state index is -0.925. The molecule has 0 aromatic carbocycles. The van der Waals surface area contributed by atoms with Crippen LogP contribution in [0.3, 0.4) is 0 Å². The average molecular weight is 279 g/mol. The molecule has 0 aromatic rings. The van der Waals surface area contributed by atoms with Crippen molar-refractivity contribution >= 4 is 17.8 Å². The van der Waals surface area contributed by atoms with Crippen molar-refractivity contribution in [1.82, 2.24) is 4.90 Å². The summed E-state index contributed by atoms with van der Waals surface area (Å²) in [6.45, 7) is 0. The molecule has 1 saturated heterocycles. The molecule has 2 amide bonds. The van der Waals surface area contributed by atoms with Crippen molar-refractivity contribution in [3.8, 4) is 0 Å². The summed E-state index contributed by atoms with van der Waals surface area (Å²) < 4.78 is 0. The molecule has 0 radical (unpaired) electrons. The SMILES string of the molecule is O=C(O)CC1(N2C(=O)CC3(CCCC3)CC2=O)CCC1. The Bertz CT molecular complexity index is 440. The van der Waals surface area contributed by atoms with E-state index in [4.69, 9.17) is 5.11 Å². The maximum atomic E-state index is 12.5. The molecule has 0 aromatic heterocycles. The van der Waals surface area contributed by atoms with Gasteiger partial charge in [-0.05, 0) is 37.5 Å². The maximum absolute atomic E-state index is 12.5. The van der Waals surface area contributed by atoms with Gasteiger partial charge >= 0.3 is 5.97 Å². The molecule has 2 aliphatic carbocycles. The third-order valence-electron chi connectivity index (χ3n) is 5.45. The zero-order chi connectivity index (χ0) is 14.4. The van der Waals surface area contributed by atoms with Gasteiger partial charge < -0.3 is 5.11 Å². The molecule has 5 heteroatoms. The monoisotopic (exact) mass is 279 g/mol. The van der Waals surface area contributed by atoms with Gasteiger partial charge in [0.15, 0.2) is 0 Å². The number of carboxylic acids is 1. The second-order valence-electron chi connectivity index (χ2n) is 6.83. The first kappa shape index (κ1) is 13.6. The third-order valence-corrected chi connectivity index (χ3v) is 5.45. The highest BCUT2D eigenvalue weighted by Gasteiger charge is 2.54. The number of likely N-dealkylation sites (tertiary alicyclic amines) is 1. The predicted octanol–water partition coefficient (Wildman–Crippen LogP) is 2.09. The van der Waals surface area contributed by atoms with Crippen LogP contribution in [0.5, 0.6) is 0 Å². The van der Waals surface area contributed by atoms with E-state index in [0.29, 0.717) is 25.7 Å². The van der Waals surface area contributed by atoms with Gasteiger partial charge in [0.1, 0.15) is 0 Å². The van der Waals surface area contributed by atoms with E-state index in [2.05, 4.69) is 0 Å². The highest BCUT2D eigenvalue weighted by molar-refractivity contribution is 6.00. The minimum absolute atomic E-state index is 0.0997. The van der Waals surface area contributed by atoms with Gasteiger partial charge in [0.2, 0.25) is 11.8 Å². The summed E-state index contributed by atoms with van der Waals surface area (Å²) in [5, 5.41) is 9.07. The molecule has 1 spiro atoms. The summed E-state index contributed by atoms with van der Waals surface area (Å²) in [6.07, 6.45) is 7.07. The lowest BCUT2D eigenvalue weighted by atomic mass is 9.69. The number of rotatable bonds is 3. The number of imide groups is 1. The normalized spacial score (nSPS) is 27.7. The zero-order valence-corrected chi connectivity index (χ0v) is 11.7. The smallest absolute Gasteiger partial charge is 0.305 e. The van der Waals surface area contributed by atoms with Crippen molar-refractivity contribution in [2.45, 2.75) is 69.7 Å². The van der Waals surface area contributed by atoms with E-state index >= 15 is 0 Å². The van der Waals surface area contributed by atoms with Gasteiger partial charge in [-0.3, -0.25) is 19.3 Å². The van der Waals surface area contributed by atoms with Crippen molar-refractivity contribution in [3.05, 3.63) is 0 Å². The summed E-state index contributed by atoms with van der Waals surface area (Å²) in [7, 11) is 0. The first-order valence-electron chi connectivity index (χ1n) is 7.54. The van der Waals surface area contributed by atoms with Gasteiger partial charge in [-0.25, -0.2) is 0 Å². The van der Waals surface area contributed by atoms with Crippen molar-refractivity contribution in [3.63, 3.8) is 0 Å². The molecule has 3 aliphatic rings. The first-order chi connectivity index (χ1) is 9.46. The van der Waals surface area contributed by atoms with Crippen LogP contribution in [0, 0.1) is 5.41 Å². The summed E-state index contributed by atoms with van der Waals surface area (Å²) in [6, 6.07) is 0. The Morgan fingerprint density at radius 3 is 1.95 bits per heavy atom. The molecule has 110 valence electrons. The van der Waals surface area contributed by atoms with E-state index in [-0.39, 0.29) is 23.7 Å². The van der Waals surface area contributed by atoms with Crippen molar-refractivity contribution in [2.75, 3.05) is 0 Å². The fourth-order valence-electron chi connectivity index (χ4n) is 4.35. The number of aliphatic carboxylic acids is 1. The predicted molar refractivity (Wildman–Crippen MR) is 70.8 cm³/mol. The standard InChI is InChI=1S/C15H21NO4/c17-11-8-14(4-1-2-5-14)9-12(18)16(11)15(6-3-7-15)10-13(19)20/h1-10H2,(H,19,20). The largest absolute Gasteiger partial charge is 0.481 e. The van der Waals surface area contributed by atoms with Crippen LogP contribution in [0.2, 0.25) is 0 Å². The van der Waals surface area contributed by atoms with Crippen molar-refractivity contribution in [2.24, 2.45) is 5.41 Å². The molecule has 0 atom stereocenters. The quantitative estimate of drug-likeness (QED) is 0.803. The topological polar surface area (TPSA) is 74.7 Å². The molecule has 3 rings (SSSR count). The number of piperidine rings is 1. The number of carbonyl (C=O) groups is 3. The Hall–Kier alpha value is -1.39. The lowest BCUT2D eigenvalue weighted by Crippen LogP contribution is -2.62. The van der Waals surface area contributed by atoms with Gasteiger partial charge in [0.05, 0.1) is 12.0 Å². The average Bonchev–Trinajstić information content (AvgIpc) is 2.71. The molecular weight excluding hydrogens is 258 g/mol. The minimum Gasteiger partial charge on any atom is -0.481 e. The van der Waals surface area contributed by atoms with E-state index in [0.717, 1.165) is 32.1 Å². The number of nitrogens with zero attached hydrogens (tertiary/aromatic N) is 1. The maximum Gasteiger partial charge on any atom is 0.305 e. The van der Waals surface area contributed by atoms with Crippen LogP contribution >= 0.6 is 0 Å². The fourth-order valence-corrected chi connectivity index (χ4v) is 4.35. The molecule has 5 nitrogen and oxygen atoms in total. The van der Waals surface area contributed by atoms with Crippen LogP contribution in [0.15, 0.2) is 0 Å². The summed E-state index contributed by atoms with van der Waals surface area (Å²) in [5.41, 5.74) is -0.834. The molecular formula is C15H21NO4. The Labute approximate surface area is 118 Å². The molecule has 2 saturated carbocycles. The molecule has 20 heavy (non-hydrogen) atoms. The van der Waals surface area contributed by atoms with Crippen LogP contribution in [0.1, 0.15) is 64.2 Å². The van der Waals surface area contributed by atoms with E-state index in [9.17, 15) is 14.4 Å². The Morgan fingerprint density at radius 1 is 1.00 bits per heavy atom. The second kappa shape index (κ2) is 4.57. The first-order valence-corrected chi connectivity index (χ1v) is 7.54. The highest BCUT2D eigenvalue weighted by Crippen LogP contribution is 2.50.